The van der Waals surface area contributed by atoms with Gasteiger partial charge < -0.3 is 19.7 Å². The summed E-state index contributed by atoms with van der Waals surface area (Å²) in [5.41, 5.74) is 3.27. The van der Waals surface area contributed by atoms with E-state index in [1.54, 1.807) is 18.2 Å². The Kier molecular flexibility index (Phi) is 9.32. The monoisotopic (exact) mass is 466 g/mol. The lowest BCUT2D eigenvalue weighted by Gasteiger charge is -2.16. The van der Waals surface area contributed by atoms with Crippen molar-refractivity contribution in [3.8, 4) is 28.4 Å². The van der Waals surface area contributed by atoms with Gasteiger partial charge in [-0.3, -0.25) is 4.79 Å². The Labute approximate surface area is 199 Å². The Bertz CT molecular complexity index is 1080. The summed E-state index contributed by atoms with van der Waals surface area (Å²) >= 11 is 0. The fraction of sp³-hybridized carbons (Fsp3) is 0.321. The van der Waals surface area contributed by atoms with E-state index >= 15 is 0 Å². The number of carboxylic acid groups (broad SMARTS) is 1. The third-order valence-corrected chi connectivity index (χ3v) is 5.52. The number of hydrogen-bond acceptors (Lipinski definition) is 4. The zero-order valence-corrected chi connectivity index (χ0v) is 19.4. The van der Waals surface area contributed by atoms with E-state index in [2.05, 4.69) is 6.92 Å². The molecule has 0 amide bonds. The highest BCUT2D eigenvalue weighted by Crippen LogP contribution is 2.36. The molecule has 3 aromatic carbocycles. The van der Waals surface area contributed by atoms with E-state index in [0.717, 1.165) is 36.0 Å². The molecule has 2 N–H and O–H groups in total. The number of rotatable bonds is 13. The number of benzene rings is 3. The van der Waals surface area contributed by atoms with Crippen molar-refractivity contribution in [1.82, 2.24) is 0 Å². The van der Waals surface area contributed by atoms with Crippen LogP contribution in [0.5, 0.6) is 17.2 Å². The standard InChI is InChI=1S/C28H31FO5/c1-2-3-7-22-18-24(20-10-13-23(29)14-11-20)25(30)19-27(22)34-17-6-16-33-26-9-5-4-8-21(26)12-15-28(31)32/h4-5,8-11,13-14,18-19,30H,2-3,6-7,12,15-17H2,1H3,(H,31,32). The Morgan fingerprint density at radius 1 is 0.882 bits per heavy atom. The quantitative estimate of drug-likeness (QED) is 0.285. The van der Waals surface area contributed by atoms with E-state index in [4.69, 9.17) is 14.6 Å². The van der Waals surface area contributed by atoms with E-state index in [1.165, 1.54) is 12.1 Å². The summed E-state index contributed by atoms with van der Waals surface area (Å²) in [4.78, 5) is 10.9. The van der Waals surface area contributed by atoms with Gasteiger partial charge in [0.25, 0.3) is 0 Å². The maximum absolute atomic E-state index is 13.3. The van der Waals surface area contributed by atoms with Crippen LogP contribution in [0.3, 0.4) is 0 Å². The second-order valence-corrected chi connectivity index (χ2v) is 8.14. The molecule has 34 heavy (non-hydrogen) atoms. The summed E-state index contributed by atoms with van der Waals surface area (Å²) < 4.78 is 25.2. The summed E-state index contributed by atoms with van der Waals surface area (Å²) in [6.45, 7) is 2.95. The number of para-hydroxylation sites is 1. The first-order chi connectivity index (χ1) is 16.5. The Morgan fingerprint density at radius 3 is 2.29 bits per heavy atom. The second-order valence-electron chi connectivity index (χ2n) is 8.14. The van der Waals surface area contributed by atoms with Crippen molar-refractivity contribution in [2.75, 3.05) is 13.2 Å². The average Bonchev–Trinajstić information content (AvgIpc) is 2.83. The number of carboxylic acids is 1. The number of carbonyl (C=O) groups is 1. The molecule has 0 radical (unpaired) electrons. The van der Waals surface area contributed by atoms with Gasteiger partial charge in [0.1, 0.15) is 23.1 Å². The molecule has 6 heteroatoms. The molecule has 0 fully saturated rings. The van der Waals surface area contributed by atoms with Gasteiger partial charge in [0.15, 0.2) is 0 Å². The van der Waals surface area contributed by atoms with Gasteiger partial charge in [-0.05, 0) is 60.2 Å². The van der Waals surface area contributed by atoms with Crippen LogP contribution in [0.25, 0.3) is 11.1 Å². The van der Waals surface area contributed by atoms with Crippen molar-refractivity contribution in [3.63, 3.8) is 0 Å². The van der Waals surface area contributed by atoms with Crippen LogP contribution in [-0.4, -0.2) is 29.4 Å². The van der Waals surface area contributed by atoms with Crippen molar-refractivity contribution in [3.05, 3.63) is 77.6 Å². The maximum atomic E-state index is 13.3. The van der Waals surface area contributed by atoms with Crippen LogP contribution in [-0.2, 0) is 17.6 Å². The van der Waals surface area contributed by atoms with Gasteiger partial charge in [-0.1, -0.05) is 43.7 Å². The predicted octanol–water partition coefficient (Wildman–Crippen LogP) is 6.41. The minimum Gasteiger partial charge on any atom is -0.507 e. The molecule has 180 valence electrons. The lowest BCUT2D eigenvalue weighted by Crippen LogP contribution is -2.08. The van der Waals surface area contributed by atoms with Crippen molar-refractivity contribution < 1.29 is 28.9 Å². The third kappa shape index (κ3) is 7.24. The van der Waals surface area contributed by atoms with Gasteiger partial charge in [0, 0.05) is 24.5 Å². The summed E-state index contributed by atoms with van der Waals surface area (Å²) in [6, 6.07) is 17.1. The molecule has 3 aromatic rings. The second kappa shape index (κ2) is 12.6. The average molecular weight is 467 g/mol. The molecule has 0 saturated heterocycles. The molecule has 0 spiro atoms. The number of phenolic OH excluding ortho intramolecular Hbond substituents is 1. The molecule has 0 aliphatic rings. The van der Waals surface area contributed by atoms with Gasteiger partial charge >= 0.3 is 5.97 Å². The molecule has 0 atom stereocenters. The van der Waals surface area contributed by atoms with Crippen LogP contribution in [0.2, 0.25) is 0 Å². The van der Waals surface area contributed by atoms with Gasteiger partial charge in [-0.15, -0.1) is 0 Å². The zero-order valence-electron chi connectivity index (χ0n) is 19.4. The number of halogens is 1. The highest BCUT2D eigenvalue weighted by molar-refractivity contribution is 5.72. The molecule has 3 rings (SSSR count). The molecule has 0 aliphatic carbocycles. The molecule has 0 saturated carbocycles. The molecule has 5 nitrogen and oxygen atoms in total. The lowest BCUT2D eigenvalue weighted by molar-refractivity contribution is -0.136. The topological polar surface area (TPSA) is 76.0 Å². The number of aromatic hydroxyl groups is 1. The summed E-state index contributed by atoms with van der Waals surface area (Å²) in [5, 5.41) is 19.5. The van der Waals surface area contributed by atoms with Crippen molar-refractivity contribution in [2.24, 2.45) is 0 Å². The number of ether oxygens (including phenoxy) is 2. The predicted molar refractivity (Wildman–Crippen MR) is 130 cm³/mol. The van der Waals surface area contributed by atoms with Gasteiger partial charge in [-0.25, -0.2) is 4.39 Å². The van der Waals surface area contributed by atoms with Gasteiger partial charge in [-0.2, -0.15) is 0 Å². The van der Waals surface area contributed by atoms with Crippen molar-refractivity contribution >= 4 is 5.97 Å². The molecular formula is C28H31FO5. The first kappa shape index (κ1) is 25.1. The van der Waals surface area contributed by atoms with E-state index in [1.807, 2.05) is 30.3 Å². The maximum Gasteiger partial charge on any atom is 0.303 e. The smallest absolute Gasteiger partial charge is 0.303 e. The van der Waals surface area contributed by atoms with Crippen LogP contribution >= 0.6 is 0 Å². The van der Waals surface area contributed by atoms with Crippen LogP contribution in [0.15, 0.2) is 60.7 Å². The minimum atomic E-state index is -0.837. The number of aryl methyl sites for hydroxylation is 2. The molecule has 0 bridgehead atoms. The fourth-order valence-electron chi connectivity index (χ4n) is 3.69. The van der Waals surface area contributed by atoms with E-state index in [9.17, 15) is 14.3 Å². The summed E-state index contributed by atoms with van der Waals surface area (Å²) in [5.74, 6) is 0.259. The van der Waals surface area contributed by atoms with Crippen LogP contribution in [0.4, 0.5) is 4.39 Å². The van der Waals surface area contributed by atoms with Gasteiger partial charge in [0.2, 0.25) is 0 Å². The van der Waals surface area contributed by atoms with E-state index in [-0.39, 0.29) is 18.0 Å². The Balaban J connectivity index is 1.61. The Morgan fingerprint density at radius 2 is 1.59 bits per heavy atom. The normalized spacial score (nSPS) is 10.8. The number of unbranched alkanes of at least 4 members (excludes halogenated alkanes) is 1. The van der Waals surface area contributed by atoms with E-state index < -0.39 is 5.97 Å². The third-order valence-electron chi connectivity index (χ3n) is 5.52. The summed E-state index contributed by atoms with van der Waals surface area (Å²) in [7, 11) is 0. The van der Waals surface area contributed by atoms with Crippen molar-refractivity contribution in [2.45, 2.75) is 45.4 Å². The zero-order chi connectivity index (χ0) is 24.3. The Hall–Kier alpha value is -3.54. The van der Waals surface area contributed by atoms with Crippen LogP contribution in [0, 0.1) is 5.82 Å². The highest BCUT2D eigenvalue weighted by atomic mass is 19.1. The largest absolute Gasteiger partial charge is 0.507 e. The molecule has 0 aliphatic heterocycles. The van der Waals surface area contributed by atoms with E-state index in [0.29, 0.717) is 43.1 Å². The van der Waals surface area contributed by atoms with Gasteiger partial charge in [0.05, 0.1) is 13.2 Å². The number of aliphatic carboxylic acids is 1. The molecule has 0 unspecified atom stereocenters. The fourth-order valence-corrected chi connectivity index (χ4v) is 3.69. The first-order valence-corrected chi connectivity index (χ1v) is 11.6. The van der Waals surface area contributed by atoms with Crippen LogP contribution in [0.1, 0.15) is 43.7 Å². The molecule has 0 heterocycles. The van der Waals surface area contributed by atoms with Crippen LogP contribution < -0.4 is 9.47 Å². The van der Waals surface area contributed by atoms with Crippen molar-refractivity contribution in [1.29, 1.82) is 0 Å². The number of phenols is 1. The highest BCUT2D eigenvalue weighted by Gasteiger charge is 2.13. The SMILES string of the molecule is CCCCc1cc(-c2ccc(F)cc2)c(O)cc1OCCCOc1ccccc1CCC(=O)O. The lowest BCUT2D eigenvalue weighted by atomic mass is 9.98. The molecule has 0 aromatic heterocycles. The minimum absolute atomic E-state index is 0.0570. The molecular weight excluding hydrogens is 435 g/mol. The first-order valence-electron chi connectivity index (χ1n) is 11.6. The summed E-state index contributed by atoms with van der Waals surface area (Å²) in [6.07, 6.45) is 3.93. The number of hydrogen-bond donors (Lipinski definition) is 2.